The summed E-state index contributed by atoms with van der Waals surface area (Å²) in [6.45, 7) is 2.17. The van der Waals surface area contributed by atoms with Crippen molar-refractivity contribution in [2.75, 3.05) is 13.7 Å². The molecule has 0 radical (unpaired) electrons. The third-order valence-corrected chi connectivity index (χ3v) is 6.94. The zero-order valence-corrected chi connectivity index (χ0v) is 19.9. The van der Waals surface area contributed by atoms with Crippen LogP contribution in [-0.2, 0) is 19.5 Å². The highest BCUT2D eigenvalue weighted by Gasteiger charge is 2.22. The first-order chi connectivity index (χ1) is 15.6. The molecule has 1 N–H and O–H groups in total. The van der Waals surface area contributed by atoms with Gasteiger partial charge in [-0.25, -0.2) is 4.98 Å². The van der Waals surface area contributed by atoms with Crippen LogP contribution in [0, 0.1) is 0 Å². The molecule has 1 aromatic carbocycles. The number of fused-ring (bicyclic) bond motifs is 1. The number of aromatic amines is 1. The molecule has 0 fully saturated rings. The predicted octanol–water partition coefficient (Wildman–Crippen LogP) is 4.89. The van der Waals surface area contributed by atoms with Gasteiger partial charge in [-0.3, -0.25) is 14.7 Å². The van der Waals surface area contributed by atoms with Gasteiger partial charge in [-0.05, 0) is 41.3 Å². The Bertz CT molecular complexity index is 1300. The minimum Gasteiger partial charge on any atom is -0.496 e. The average Bonchev–Trinajstić information content (AvgIpc) is 3.35. The number of pyridine rings is 1. The molecular formula is C24H21BrN4O2S. The van der Waals surface area contributed by atoms with E-state index in [1.165, 1.54) is 0 Å². The molecular weight excluding hydrogens is 488 g/mol. The van der Waals surface area contributed by atoms with E-state index in [0.29, 0.717) is 12.4 Å². The van der Waals surface area contributed by atoms with E-state index in [4.69, 9.17) is 9.72 Å². The number of H-pyrrole nitrogens is 1. The molecule has 32 heavy (non-hydrogen) atoms. The van der Waals surface area contributed by atoms with Gasteiger partial charge in [0, 0.05) is 42.3 Å². The van der Waals surface area contributed by atoms with Crippen molar-refractivity contribution < 1.29 is 4.74 Å². The first-order valence-corrected chi connectivity index (χ1v) is 11.9. The molecule has 0 spiro atoms. The Morgan fingerprint density at radius 2 is 2.16 bits per heavy atom. The number of nitrogens with zero attached hydrogens (tertiary/aromatic N) is 3. The van der Waals surface area contributed by atoms with Gasteiger partial charge in [-0.2, -0.15) is 0 Å². The number of methoxy groups -OCH3 is 1. The van der Waals surface area contributed by atoms with Gasteiger partial charge in [0.1, 0.15) is 5.75 Å². The number of hydrogen-bond acceptors (Lipinski definition) is 6. The molecule has 4 aromatic rings. The first kappa shape index (κ1) is 21.1. The normalized spacial score (nSPS) is 13.7. The third kappa shape index (κ3) is 4.26. The quantitative estimate of drug-likeness (QED) is 0.415. The zero-order chi connectivity index (χ0) is 22.1. The molecule has 4 heterocycles. The summed E-state index contributed by atoms with van der Waals surface area (Å²) in [4.78, 5) is 28.3. The standard InChI is InChI=1S/C24H21BrN4O2S/c1-31-21-7-5-16(25)11-17(21)19-6-4-15(12-26-19)13-29-9-8-20-18(14-29)24(30)28-23(27-20)22-3-2-10-32-22/h2-7,10-12H,8-9,13-14H2,1H3,(H,27,28,30). The number of rotatable bonds is 5. The highest BCUT2D eigenvalue weighted by atomic mass is 79.9. The summed E-state index contributed by atoms with van der Waals surface area (Å²) in [6, 6.07) is 13.9. The highest BCUT2D eigenvalue weighted by Crippen LogP contribution is 2.31. The summed E-state index contributed by atoms with van der Waals surface area (Å²) in [5.41, 5.74) is 4.53. The van der Waals surface area contributed by atoms with E-state index < -0.39 is 0 Å². The number of hydrogen-bond donors (Lipinski definition) is 1. The van der Waals surface area contributed by atoms with Gasteiger partial charge >= 0.3 is 0 Å². The minimum atomic E-state index is -0.0432. The van der Waals surface area contributed by atoms with Crippen molar-refractivity contribution in [1.29, 1.82) is 0 Å². The SMILES string of the molecule is COc1ccc(Br)cc1-c1ccc(CN2CCc3nc(-c4cccs4)[nH]c(=O)c3C2)cn1. The number of ether oxygens (including phenoxy) is 1. The Balaban J connectivity index is 1.32. The Kier molecular flexibility index (Phi) is 5.91. The summed E-state index contributed by atoms with van der Waals surface area (Å²) in [6.07, 6.45) is 2.66. The van der Waals surface area contributed by atoms with E-state index in [0.717, 1.165) is 62.7 Å². The van der Waals surface area contributed by atoms with Gasteiger partial charge in [0.2, 0.25) is 0 Å². The maximum atomic E-state index is 12.7. The topological polar surface area (TPSA) is 71.1 Å². The van der Waals surface area contributed by atoms with Gasteiger partial charge in [0.05, 0.1) is 28.9 Å². The van der Waals surface area contributed by atoms with Crippen LogP contribution in [0.1, 0.15) is 16.8 Å². The molecule has 8 heteroatoms. The molecule has 5 rings (SSSR count). The number of aromatic nitrogens is 3. The lowest BCUT2D eigenvalue weighted by atomic mass is 10.1. The van der Waals surface area contributed by atoms with Crippen molar-refractivity contribution in [2.24, 2.45) is 0 Å². The largest absolute Gasteiger partial charge is 0.496 e. The smallest absolute Gasteiger partial charge is 0.255 e. The van der Waals surface area contributed by atoms with Crippen molar-refractivity contribution in [3.8, 4) is 27.7 Å². The third-order valence-electron chi connectivity index (χ3n) is 5.57. The lowest BCUT2D eigenvalue weighted by Gasteiger charge is -2.27. The number of thiophene rings is 1. The minimum absolute atomic E-state index is 0.0432. The van der Waals surface area contributed by atoms with Gasteiger partial charge in [-0.15, -0.1) is 11.3 Å². The van der Waals surface area contributed by atoms with E-state index in [1.807, 2.05) is 48.0 Å². The van der Waals surface area contributed by atoms with E-state index in [9.17, 15) is 4.79 Å². The van der Waals surface area contributed by atoms with Crippen LogP contribution in [0.25, 0.3) is 22.0 Å². The van der Waals surface area contributed by atoms with Crippen molar-refractivity contribution in [2.45, 2.75) is 19.5 Å². The molecule has 3 aromatic heterocycles. The Hall–Kier alpha value is -2.81. The van der Waals surface area contributed by atoms with Gasteiger partial charge in [-0.1, -0.05) is 28.1 Å². The van der Waals surface area contributed by atoms with Crippen molar-refractivity contribution in [1.82, 2.24) is 19.9 Å². The van der Waals surface area contributed by atoms with Crippen LogP contribution >= 0.6 is 27.3 Å². The monoisotopic (exact) mass is 508 g/mol. The fourth-order valence-corrected chi connectivity index (χ4v) is 4.99. The fourth-order valence-electron chi connectivity index (χ4n) is 3.96. The van der Waals surface area contributed by atoms with Gasteiger partial charge < -0.3 is 9.72 Å². The summed E-state index contributed by atoms with van der Waals surface area (Å²) in [7, 11) is 1.66. The zero-order valence-electron chi connectivity index (χ0n) is 17.5. The van der Waals surface area contributed by atoms with E-state index in [1.54, 1.807) is 18.4 Å². The number of halogens is 1. The van der Waals surface area contributed by atoms with Crippen molar-refractivity contribution >= 4 is 27.3 Å². The maximum absolute atomic E-state index is 12.7. The molecule has 0 aliphatic carbocycles. The molecule has 0 bridgehead atoms. The number of benzene rings is 1. The van der Waals surface area contributed by atoms with E-state index >= 15 is 0 Å². The van der Waals surface area contributed by atoms with Crippen LogP contribution in [0.5, 0.6) is 5.75 Å². The lowest BCUT2D eigenvalue weighted by Crippen LogP contribution is -2.35. The van der Waals surface area contributed by atoms with E-state index in [2.05, 4.69) is 36.9 Å². The molecule has 1 aliphatic heterocycles. The van der Waals surface area contributed by atoms with Crippen LogP contribution in [0.4, 0.5) is 0 Å². The second-order valence-corrected chi connectivity index (χ2v) is 9.54. The van der Waals surface area contributed by atoms with Gasteiger partial charge in [0.15, 0.2) is 5.82 Å². The molecule has 6 nitrogen and oxygen atoms in total. The molecule has 0 saturated carbocycles. The van der Waals surface area contributed by atoms with Gasteiger partial charge in [0.25, 0.3) is 5.56 Å². The Morgan fingerprint density at radius 1 is 1.25 bits per heavy atom. The summed E-state index contributed by atoms with van der Waals surface area (Å²) < 4.78 is 6.45. The molecule has 1 aliphatic rings. The van der Waals surface area contributed by atoms with Crippen LogP contribution < -0.4 is 10.3 Å². The summed E-state index contributed by atoms with van der Waals surface area (Å²) in [5.74, 6) is 1.45. The van der Waals surface area contributed by atoms with E-state index in [-0.39, 0.29) is 5.56 Å². The first-order valence-electron chi connectivity index (χ1n) is 10.3. The van der Waals surface area contributed by atoms with Crippen molar-refractivity contribution in [3.63, 3.8) is 0 Å². The predicted molar refractivity (Wildman–Crippen MR) is 130 cm³/mol. The molecule has 0 saturated heterocycles. The summed E-state index contributed by atoms with van der Waals surface area (Å²) >= 11 is 5.09. The Morgan fingerprint density at radius 3 is 2.91 bits per heavy atom. The molecule has 162 valence electrons. The van der Waals surface area contributed by atoms with Crippen molar-refractivity contribution in [3.05, 3.63) is 85.7 Å². The van der Waals surface area contributed by atoms with Crippen LogP contribution in [0.15, 0.2) is 63.3 Å². The molecule has 0 unspecified atom stereocenters. The lowest BCUT2D eigenvalue weighted by molar-refractivity contribution is 0.241. The highest BCUT2D eigenvalue weighted by molar-refractivity contribution is 9.10. The molecule has 0 amide bonds. The number of nitrogens with one attached hydrogen (secondary N) is 1. The fraction of sp³-hybridized carbons (Fsp3) is 0.208. The van der Waals surface area contributed by atoms with Crippen LogP contribution in [0.3, 0.4) is 0 Å². The second-order valence-electron chi connectivity index (χ2n) is 7.67. The molecule has 0 atom stereocenters. The maximum Gasteiger partial charge on any atom is 0.255 e. The van der Waals surface area contributed by atoms with Crippen LogP contribution in [0.2, 0.25) is 0 Å². The Labute approximate surface area is 198 Å². The van der Waals surface area contributed by atoms with Crippen LogP contribution in [-0.4, -0.2) is 33.5 Å². The second kappa shape index (κ2) is 8.97. The average molecular weight is 509 g/mol. The summed E-state index contributed by atoms with van der Waals surface area (Å²) in [5, 5.41) is 1.99.